The SMILES string of the molecule is NNC(=O)NN1C(=O)c2cc(S(=O)(=O)OI)cc3c(N)c(S(=O)(=O)OI)cc(c23)C1=O. The number of urea groups is 1. The molecule has 1 heterocycles. The lowest BCUT2D eigenvalue weighted by Gasteiger charge is -2.28. The number of nitrogens with one attached hydrogen (secondary N) is 2. The third kappa shape index (κ3) is 3.91. The number of carbonyl (C=O) groups is 3. The van der Waals surface area contributed by atoms with E-state index < -0.39 is 53.6 Å². The zero-order valence-electron chi connectivity index (χ0n) is 14.6. The predicted molar refractivity (Wildman–Crippen MR) is 119 cm³/mol. The number of benzene rings is 2. The van der Waals surface area contributed by atoms with Gasteiger partial charge in [0.25, 0.3) is 11.8 Å². The van der Waals surface area contributed by atoms with Crippen LogP contribution in [0.5, 0.6) is 0 Å². The van der Waals surface area contributed by atoms with Crippen LogP contribution in [-0.2, 0) is 25.3 Å². The smallest absolute Gasteiger partial charge is 0.348 e. The molecule has 1 aliphatic heterocycles. The monoisotopic (exact) mass is 697 g/mol. The van der Waals surface area contributed by atoms with Crippen LogP contribution in [0.1, 0.15) is 20.7 Å². The Hall–Kier alpha value is -1.85. The van der Waals surface area contributed by atoms with Gasteiger partial charge >= 0.3 is 26.3 Å². The van der Waals surface area contributed by atoms with Gasteiger partial charge in [0, 0.05) is 10.8 Å². The van der Waals surface area contributed by atoms with Crippen LogP contribution in [0.2, 0.25) is 0 Å². The highest BCUT2D eigenvalue weighted by Crippen LogP contribution is 2.39. The van der Waals surface area contributed by atoms with Crippen LogP contribution in [0.3, 0.4) is 0 Å². The molecule has 1 aliphatic rings. The van der Waals surface area contributed by atoms with Gasteiger partial charge < -0.3 is 5.73 Å². The first-order valence-electron chi connectivity index (χ1n) is 7.56. The van der Waals surface area contributed by atoms with Gasteiger partial charge in [0.2, 0.25) is 0 Å². The highest BCUT2D eigenvalue weighted by Gasteiger charge is 2.38. The number of hydrogen-bond acceptors (Lipinski definition) is 11. The van der Waals surface area contributed by atoms with Crippen LogP contribution in [0.15, 0.2) is 28.0 Å². The number of nitrogens with two attached hydrogens (primary N) is 2. The van der Waals surface area contributed by atoms with Crippen LogP contribution in [-0.4, -0.2) is 39.7 Å². The third-order valence-corrected chi connectivity index (χ3v) is 9.01. The Kier molecular flexibility index (Phi) is 6.34. The second-order valence-corrected chi connectivity index (χ2v) is 10.9. The first-order valence-corrected chi connectivity index (χ1v) is 12.1. The van der Waals surface area contributed by atoms with Gasteiger partial charge in [-0.15, -0.1) is 0 Å². The fourth-order valence-corrected chi connectivity index (χ4v) is 5.37. The maximum Gasteiger partial charge on any atom is 0.348 e. The molecule has 0 saturated carbocycles. The molecular weight excluding hydrogens is 688 g/mol. The van der Waals surface area contributed by atoms with Crippen LogP contribution in [0, 0.1) is 0 Å². The number of amides is 4. The minimum Gasteiger partial charge on any atom is -0.397 e. The van der Waals surface area contributed by atoms with Gasteiger partial charge in [-0.3, -0.25) is 15.0 Å². The molecule has 31 heavy (non-hydrogen) atoms. The normalized spacial score (nSPS) is 14.1. The molecule has 0 spiro atoms. The van der Waals surface area contributed by atoms with E-state index in [0.29, 0.717) is 0 Å². The van der Waals surface area contributed by atoms with Crippen LogP contribution >= 0.6 is 46.0 Å². The molecule has 0 unspecified atom stereocenters. The van der Waals surface area contributed by atoms with Crippen LogP contribution in [0.25, 0.3) is 10.8 Å². The summed E-state index contributed by atoms with van der Waals surface area (Å²) in [6.07, 6.45) is 0. The standard InChI is InChI=1S/C13H9I2N5O9S2/c14-28-30(24,25)4-1-5-9-6(2-4)11(21)20(19-13(23)18-17)12(22)7(9)3-8(10(5)16)31(26,27)29-15/h1-3H,16-17H2,(H2,18,19,23). The Balaban J connectivity index is 2.49. The number of halogens is 2. The van der Waals surface area contributed by atoms with E-state index in [1.54, 1.807) is 5.43 Å². The molecule has 18 heteroatoms. The zero-order chi connectivity index (χ0) is 23.3. The number of imide groups is 1. The van der Waals surface area contributed by atoms with Crippen molar-refractivity contribution in [3.8, 4) is 0 Å². The van der Waals surface area contributed by atoms with E-state index in [0.717, 1.165) is 64.2 Å². The van der Waals surface area contributed by atoms with Crippen molar-refractivity contribution in [1.82, 2.24) is 15.9 Å². The van der Waals surface area contributed by atoms with Gasteiger partial charge in [0.05, 0.1) is 21.7 Å². The topological polar surface area (TPSA) is 217 Å². The average molecular weight is 697 g/mol. The second-order valence-electron chi connectivity index (χ2n) is 5.79. The lowest BCUT2D eigenvalue weighted by atomic mass is 9.93. The summed E-state index contributed by atoms with van der Waals surface area (Å²) < 4.78 is 57.9. The van der Waals surface area contributed by atoms with Crippen molar-refractivity contribution in [2.75, 3.05) is 5.73 Å². The van der Waals surface area contributed by atoms with Gasteiger partial charge in [-0.05, 0) is 18.2 Å². The second kappa shape index (κ2) is 8.25. The summed E-state index contributed by atoms with van der Waals surface area (Å²) in [4.78, 5) is 36.1. The first-order chi connectivity index (χ1) is 14.4. The minimum absolute atomic E-state index is 0.126. The number of hydrogen-bond donors (Lipinski definition) is 4. The molecule has 166 valence electrons. The van der Waals surface area contributed by atoms with Crippen LogP contribution in [0.4, 0.5) is 10.5 Å². The quantitative estimate of drug-likeness (QED) is 0.0828. The zero-order valence-corrected chi connectivity index (χ0v) is 20.5. The number of nitrogens with zero attached hydrogens (tertiary/aromatic N) is 1. The van der Waals surface area contributed by atoms with E-state index >= 15 is 0 Å². The van der Waals surface area contributed by atoms with Crippen molar-refractivity contribution in [3.05, 3.63) is 29.3 Å². The summed E-state index contributed by atoms with van der Waals surface area (Å²) in [6.45, 7) is 0. The van der Waals surface area contributed by atoms with E-state index in [2.05, 4.69) is 5.03 Å². The van der Waals surface area contributed by atoms with Gasteiger partial charge in [-0.2, -0.15) is 26.9 Å². The van der Waals surface area contributed by atoms with E-state index in [1.807, 2.05) is 5.43 Å². The number of hydrazine groups is 2. The molecule has 0 saturated heterocycles. The largest absolute Gasteiger partial charge is 0.397 e. The Morgan fingerprint density at radius 2 is 1.52 bits per heavy atom. The van der Waals surface area contributed by atoms with Crippen molar-refractivity contribution in [3.63, 3.8) is 0 Å². The molecule has 3 rings (SSSR count). The van der Waals surface area contributed by atoms with Crippen molar-refractivity contribution >= 4 is 101 Å². The van der Waals surface area contributed by atoms with Crippen molar-refractivity contribution < 1.29 is 36.2 Å². The summed E-state index contributed by atoms with van der Waals surface area (Å²) in [5, 5.41) is -0.129. The summed E-state index contributed by atoms with van der Waals surface area (Å²) in [5.74, 6) is 2.69. The van der Waals surface area contributed by atoms with Gasteiger partial charge in [-0.1, -0.05) is 0 Å². The van der Waals surface area contributed by atoms with E-state index in [9.17, 15) is 31.2 Å². The summed E-state index contributed by atoms with van der Waals surface area (Å²) in [6, 6.07) is 1.54. The Morgan fingerprint density at radius 1 is 0.968 bits per heavy atom. The fourth-order valence-electron chi connectivity index (χ4n) is 2.86. The lowest BCUT2D eigenvalue weighted by Crippen LogP contribution is -2.55. The molecule has 0 aliphatic carbocycles. The number of carbonyl (C=O) groups excluding carboxylic acids is 3. The maximum atomic E-state index is 12.9. The van der Waals surface area contributed by atoms with E-state index in [-0.39, 0.29) is 26.9 Å². The fraction of sp³-hybridized carbons (Fsp3) is 0. The number of rotatable bonds is 5. The molecule has 0 fully saturated rings. The Labute approximate surface area is 202 Å². The lowest BCUT2D eigenvalue weighted by molar-refractivity contribution is 0.0541. The molecule has 0 radical (unpaired) electrons. The highest BCUT2D eigenvalue weighted by molar-refractivity contribution is 14.1. The van der Waals surface area contributed by atoms with Crippen molar-refractivity contribution in [2.24, 2.45) is 5.84 Å². The molecule has 2 aromatic carbocycles. The molecular formula is C13H9I2N5O9S2. The highest BCUT2D eigenvalue weighted by atomic mass is 127. The molecule has 0 bridgehead atoms. The summed E-state index contributed by atoms with van der Waals surface area (Å²) in [7, 11) is -8.86. The molecule has 4 amide bonds. The summed E-state index contributed by atoms with van der Waals surface area (Å²) >= 11 is 2.19. The van der Waals surface area contributed by atoms with Crippen molar-refractivity contribution in [2.45, 2.75) is 9.79 Å². The molecule has 6 N–H and O–H groups in total. The molecule has 14 nitrogen and oxygen atoms in total. The maximum absolute atomic E-state index is 12.9. The van der Waals surface area contributed by atoms with E-state index in [4.69, 9.17) is 11.6 Å². The number of anilines is 1. The average Bonchev–Trinajstić information content (AvgIpc) is 2.74. The van der Waals surface area contributed by atoms with Crippen molar-refractivity contribution in [1.29, 1.82) is 0 Å². The minimum atomic E-state index is -4.47. The van der Waals surface area contributed by atoms with Gasteiger partial charge in [0.15, 0.2) is 0 Å². The van der Waals surface area contributed by atoms with E-state index in [1.165, 1.54) is 0 Å². The van der Waals surface area contributed by atoms with Gasteiger partial charge in [-0.25, -0.2) is 16.1 Å². The molecule has 0 atom stereocenters. The first kappa shape index (κ1) is 23.8. The predicted octanol–water partition coefficient (Wildman–Crippen LogP) is 0.216. The molecule has 0 aromatic heterocycles. The van der Waals surface area contributed by atoms with Gasteiger partial charge in [0.1, 0.15) is 50.9 Å². The van der Waals surface area contributed by atoms with Crippen LogP contribution < -0.4 is 22.4 Å². The Morgan fingerprint density at radius 3 is 2.03 bits per heavy atom. The summed E-state index contributed by atoms with van der Waals surface area (Å²) in [5.41, 5.74) is 8.26. The number of nitrogen functional groups attached to an aromatic ring is 1. The third-order valence-electron chi connectivity index (χ3n) is 4.15. The Bertz CT molecular complexity index is 1360. The molecule has 2 aromatic rings.